The number of nitrogens with zero attached hydrogens (tertiary/aromatic N) is 2. The van der Waals surface area contributed by atoms with Crippen molar-refractivity contribution in [3.8, 4) is 0 Å². The van der Waals surface area contributed by atoms with Gasteiger partial charge in [-0.1, -0.05) is 23.7 Å². The lowest BCUT2D eigenvalue weighted by Gasteiger charge is -2.15. The van der Waals surface area contributed by atoms with Crippen molar-refractivity contribution in [1.82, 2.24) is 14.6 Å². The molecular weight excluding hydrogens is 442 g/mol. The maximum Gasteiger partial charge on any atom is 0.254 e. The second-order valence-corrected chi connectivity index (χ2v) is 9.14. The lowest BCUT2D eigenvalue weighted by molar-refractivity contribution is 0.0950. The van der Waals surface area contributed by atoms with Crippen LogP contribution in [0.25, 0.3) is 0 Å². The van der Waals surface area contributed by atoms with E-state index in [0.29, 0.717) is 17.6 Å². The summed E-state index contributed by atoms with van der Waals surface area (Å²) in [4.78, 5) is 16.4. The number of hydrogen-bond donors (Lipinski definition) is 1. The minimum absolute atomic E-state index is 0.123. The number of benzene rings is 1. The van der Waals surface area contributed by atoms with E-state index in [9.17, 15) is 13.2 Å². The molecule has 1 aliphatic rings. The molecule has 1 N–H and O–H groups in total. The van der Waals surface area contributed by atoms with Gasteiger partial charge in [-0.25, -0.2) is 13.4 Å². The van der Waals surface area contributed by atoms with Gasteiger partial charge in [-0.2, -0.15) is 4.31 Å². The van der Waals surface area contributed by atoms with E-state index in [2.05, 4.69) is 26.2 Å². The number of amides is 1. The number of nitrogens with one attached hydrogen (secondary N) is 1. The summed E-state index contributed by atoms with van der Waals surface area (Å²) in [5.41, 5.74) is 1.06. The molecule has 0 bridgehead atoms. The standard InChI is InChI=1S/C17H17BrClN3O3S/c18-13-9-15(16(19)20-11-13)17(23)21-10-12-3-5-14(6-4-12)26(24,25)22-7-1-2-8-22/h3-6,9,11H,1-2,7-8,10H2,(H,21,23). The third-order valence-corrected chi connectivity index (χ3v) is 6.78. The van der Waals surface area contributed by atoms with Gasteiger partial charge in [0, 0.05) is 30.3 Å². The fraction of sp³-hybridized carbons (Fsp3) is 0.294. The average molecular weight is 459 g/mol. The molecule has 0 saturated carbocycles. The van der Waals surface area contributed by atoms with E-state index in [0.717, 1.165) is 18.4 Å². The van der Waals surface area contributed by atoms with Crippen molar-refractivity contribution in [1.29, 1.82) is 0 Å². The second-order valence-electron chi connectivity index (χ2n) is 5.93. The zero-order chi connectivity index (χ0) is 18.7. The number of carbonyl (C=O) groups excluding carboxylic acids is 1. The predicted octanol–water partition coefficient (Wildman–Crippen LogP) is 3.21. The monoisotopic (exact) mass is 457 g/mol. The Hall–Kier alpha value is -1.48. The number of aromatic nitrogens is 1. The molecule has 0 unspecified atom stereocenters. The van der Waals surface area contributed by atoms with E-state index < -0.39 is 10.0 Å². The Labute approximate surface area is 165 Å². The molecule has 1 aromatic carbocycles. The smallest absolute Gasteiger partial charge is 0.254 e. The minimum Gasteiger partial charge on any atom is -0.348 e. The summed E-state index contributed by atoms with van der Waals surface area (Å²) in [5.74, 6) is -0.349. The maximum absolute atomic E-state index is 12.5. The van der Waals surface area contributed by atoms with Gasteiger partial charge in [0.05, 0.1) is 10.5 Å². The number of pyridine rings is 1. The topological polar surface area (TPSA) is 79.4 Å². The van der Waals surface area contributed by atoms with Gasteiger partial charge in [0.2, 0.25) is 10.0 Å². The Bertz CT molecular complexity index is 913. The molecule has 1 aliphatic heterocycles. The lowest BCUT2D eigenvalue weighted by atomic mass is 10.2. The van der Waals surface area contributed by atoms with Crippen LogP contribution < -0.4 is 5.32 Å². The van der Waals surface area contributed by atoms with Crippen molar-refractivity contribution in [3.05, 3.63) is 57.3 Å². The Kier molecular flexibility index (Phi) is 5.96. The number of carbonyl (C=O) groups is 1. The molecule has 1 aromatic heterocycles. The largest absolute Gasteiger partial charge is 0.348 e. The summed E-state index contributed by atoms with van der Waals surface area (Å²) in [6, 6.07) is 8.13. The molecule has 1 fully saturated rings. The molecule has 9 heteroatoms. The fourth-order valence-corrected chi connectivity index (χ4v) is 4.75. The first-order valence-electron chi connectivity index (χ1n) is 8.06. The van der Waals surface area contributed by atoms with Crippen LogP contribution in [0.4, 0.5) is 0 Å². The van der Waals surface area contributed by atoms with Gasteiger partial charge in [0.15, 0.2) is 0 Å². The van der Waals surface area contributed by atoms with Crippen LogP contribution in [-0.2, 0) is 16.6 Å². The SMILES string of the molecule is O=C(NCc1ccc(S(=O)(=O)N2CCCC2)cc1)c1cc(Br)cnc1Cl. The first-order chi connectivity index (χ1) is 12.4. The zero-order valence-electron chi connectivity index (χ0n) is 13.8. The highest BCUT2D eigenvalue weighted by Crippen LogP contribution is 2.21. The molecule has 0 radical (unpaired) electrons. The average Bonchev–Trinajstić information content (AvgIpc) is 3.17. The van der Waals surface area contributed by atoms with Crippen LogP contribution in [-0.4, -0.2) is 36.7 Å². The molecule has 1 amide bonds. The summed E-state index contributed by atoms with van der Waals surface area (Å²) in [6.45, 7) is 1.40. The Morgan fingerprint density at radius 2 is 1.88 bits per heavy atom. The summed E-state index contributed by atoms with van der Waals surface area (Å²) in [6.07, 6.45) is 3.31. The highest BCUT2D eigenvalue weighted by Gasteiger charge is 2.26. The van der Waals surface area contributed by atoms with Crippen molar-refractivity contribution in [2.75, 3.05) is 13.1 Å². The summed E-state index contributed by atoms with van der Waals surface area (Å²) in [7, 11) is -3.43. The van der Waals surface area contributed by atoms with E-state index in [1.807, 2.05) is 0 Å². The van der Waals surface area contributed by atoms with Crippen molar-refractivity contribution in [2.24, 2.45) is 0 Å². The summed E-state index contributed by atoms with van der Waals surface area (Å²) < 4.78 is 27.2. The molecule has 3 rings (SSSR count). The van der Waals surface area contributed by atoms with Gasteiger partial charge < -0.3 is 5.32 Å². The molecule has 26 heavy (non-hydrogen) atoms. The second kappa shape index (κ2) is 8.04. The number of hydrogen-bond acceptors (Lipinski definition) is 4. The predicted molar refractivity (Wildman–Crippen MR) is 103 cm³/mol. The van der Waals surface area contributed by atoms with E-state index in [-0.39, 0.29) is 28.1 Å². The van der Waals surface area contributed by atoms with Gasteiger partial charge in [0.25, 0.3) is 5.91 Å². The van der Waals surface area contributed by atoms with Gasteiger partial charge in [0.1, 0.15) is 5.15 Å². The first-order valence-corrected chi connectivity index (χ1v) is 10.7. The molecule has 6 nitrogen and oxygen atoms in total. The zero-order valence-corrected chi connectivity index (χ0v) is 16.9. The molecular formula is C17H17BrClN3O3S. The van der Waals surface area contributed by atoms with Crippen LogP contribution in [0.2, 0.25) is 5.15 Å². The van der Waals surface area contributed by atoms with Crippen LogP contribution in [0.1, 0.15) is 28.8 Å². The number of rotatable bonds is 5. The van der Waals surface area contributed by atoms with Crippen LogP contribution in [0.15, 0.2) is 45.9 Å². The van der Waals surface area contributed by atoms with Gasteiger partial charge in [-0.15, -0.1) is 0 Å². The first kappa shape index (κ1) is 19.3. The molecule has 1 saturated heterocycles. The number of sulfonamides is 1. The maximum atomic E-state index is 12.5. The quantitative estimate of drug-likeness (QED) is 0.698. The van der Waals surface area contributed by atoms with Crippen molar-refractivity contribution >= 4 is 43.5 Å². The minimum atomic E-state index is -3.43. The summed E-state index contributed by atoms with van der Waals surface area (Å²) in [5, 5.41) is 2.88. The van der Waals surface area contributed by atoms with Crippen molar-refractivity contribution < 1.29 is 13.2 Å². The summed E-state index contributed by atoms with van der Waals surface area (Å²) >= 11 is 9.19. The Balaban J connectivity index is 1.66. The fourth-order valence-electron chi connectivity index (χ4n) is 2.72. The molecule has 0 aliphatic carbocycles. The molecule has 0 spiro atoms. The van der Waals surface area contributed by atoms with Crippen LogP contribution >= 0.6 is 27.5 Å². The van der Waals surface area contributed by atoms with E-state index in [1.54, 1.807) is 30.3 Å². The molecule has 2 aromatic rings. The number of halogens is 2. The van der Waals surface area contributed by atoms with E-state index in [4.69, 9.17) is 11.6 Å². The van der Waals surface area contributed by atoms with Gasteiger partial charge >= 0.3 is 0 Å². The van der Waals surface area contributed by atoms with Crippen LogP contribution in [0.3, 0.4) is 0 Å². The van der Waals surface area contributed by atoms with Crippen molar-refractivity contribution in [3.63, 3.8) is 0 Å². The van der Waals surface area contributed by atoms with Gasteiger partial charge in [-0.3, -0.25) is 4.79 Å². The van der Waals surface area contributed by atoms with Crippen LogP contribution in [0, 0.1) is 0 Å². The van der Waals surface area contributed by atoms with E-state index >= 15 is 0 Å². The van der Waals surface area contributed by atoms with Crippen LogP contribution in [0.5, 0.6) is 0 Å². The van der Waals surface area contributed by atoms with Gasteiger partial charge in [-0.05, 0) is 52.5 Å². The third-order valence-electron chi connectivity index (χ3n) is 4.13. The Morgan fingerprint density at radius 1 is 1.23 bits per heavy atom. The van der Waals surface area contributed by atoms with E-state index in [1.165, 1.54) is 10.5 Å². The Morgan fingerprint density at radius 3 is 2.54 bits per heavy atom. The molecule has 138 valence electrons. The third kappa shape index (κ3) is 4.25. The molecule has 2 heterocycles. The normalized spacial score (nSPS) is 15.2. The molecule has 0 atom stereocenters. The van der Waals surface area contributed by atoms with Crippen molar-refractivity contribution in [2.45, 2.75) is 24.3 Å². The highest BCUT2D eigenvalue weighted by molar-refractivity contribution is 9.10. The lowest BCUT2D eigenvalue weighted by Crippen LogP contribution is -2.28. The highest BCUT2D eigenvalue weighted by atomic mass is 79.9.